The maximum atomic E-state index is 13.0. The molecule has 7 heteroatoms. The summed E-state index contributed by atoms with van der Waals surface area (Å²) in [6, 6.07) is 0. The minimum Gasteiger partial charge on any atom is -0.495 e. The molecule has 0 saturated heterocycles. The summed E-state index contributed by atoms with van der Waals surface area (Å²) < 4.78 is 82.9. The summed E-state index contributed by atoms with van der Waals surface area (Å²) in [5.41, 5.74) is 0.298. The van der Waals surface area contributed by atoms with Crippen molar-refractivity contribution in [2.45, 2.75) is 45.1 Å². The molecule has 0 heterocycles. The third-order valence-electron chi connectivity index (χ3n) is 3.74. The Balaban J connectivity index is 3.12. The van der Waals surface area contributed by atoms with E-state index >= 15 is 0 Å². The minimum atomic E-state index is -4.64. The molecule has 4 atom stereocenters. The van der Waals surface area contributed by atoms with E-state index in [4.69, 9.17) is 4.74 Å². The van der Waals surface area contributed by atoms with Gasteiger partial charge >= 0.3 is 12.4 Å². The molecule has 0 amide bonds. The van der Waals surface area contributed by atoms with Gasteiger partial charge in [-0.05, 0) is 19.8 Å². The number of ether oxygens (including phenoxy) is 1. The van der Waals surface area contributed by atoms with Crippen molar-refractivity contribution in [1.29, 1.82) is 0 Å². The first-order chi connectivity index (χ1) is 9.34. The van der Waals surface area contributed by atoms with Gasteiger partial charge in [0.15, 0.2) is 0 Å². The van der Waals surface area contributed by atoms with Gasteiger partial charge in [-0.25, -0.2) is 0 Å². The van der Waals surface area contributed by atoms with Crippen LogP contribution in [0.2, 0.25) is 0 Å². The zero-order chi connectivity index (χ0) is 16.6. The Kier molecular flexibility index (Phi) is 5.05. The molecule has 0 spiro atoms. The highest BCUT2D eigenvalue weighted by Crippen LogP contribution is 2.50. The van der Waals surface area contributed by atoms with Crippen molar-refractivity contribution in [3.63, 3.8) is 0 Å². The summed E-state index contributed by atoms with van der Waals surface area (Å²) in [4.78, 5) is 0. The SMILES string of the molecule is C=C1CC(C(OC(=C)C)C(C)C(F)(F)F)C(C(F)(F)F)C1. The van der Waals surface area contributed by atoms with Gasteiger partial charge in [0, 0.05) is 5.92 Å². The van der Waals surface area contributed by atoms with Gasteiger partial charge in [0.25, 0.3) is 0 Å². The van der Waals surface area contributed by atoms with E-state index in [2.05, 4.69) is 13.2 Å². The lowest BCUT2D eigenvalue weighted by atomic mass is 9.83. The molecule has 0 bridgehead atoms. The number of alkyl halides is 6. The van der Waals surface area contributed by atoms with Gasteiger partial charge in [-0.2, -0.15) is 26.3 Å². The Bertz CT molecular complexity index is 409. The van der Waals surface area contributed by atoms with Crippen molar-refractivity contribution >= 4 is 0 Å². The Morgan fingerprint density at radius 3 is 2.10 bits per heavy atom. The summed E-state index contributed by atoms with van der Waals surface area (Å²) in [6.07, 6.45) is -11.3. The lowest BCUT2D eigenvalue weighted by Gasteiger charge is -2.34. The molecule has 1 saturated carbocycles. The smallest absolute Gasteiger partial charge is 0.395 e. The predicted molar refractivity (Wildman–Crippen MR) is 66.3 cm³/mol. The first kappa shape index (κ1) is 17.9. The average molecular weight is 316 g/mol. The maximum Gasteiger partial charge on any atom is 0.395 e. The van der Waals surface area contributed by atoms with Crippen LogP contribution in [0.4, 0.5) is 26.3 Å². The van der Waals surface area contributed by atoms with Gasteiger partial charge < -0.3 is 4.74 Å². The van der Waals surface area contributed by atoms with Crippen LogP contribution in [-0.4, -0.2) is 18.5 Å². The van der Waals surface area contributed by atoms with Crippen LogP contribution >= 0.6 is 0 Å². The van der Waals surface area contributed by atoms with Gasteiger partial charge in [-0.3, -0.25) is 0 Å². The van der Waals surface area contributed by atoms with Crippen molar-refractivity contribution in [2.24, 2.45) is 17.8 Å². The summed E-state index contributed by atoms with van der Waals surface area (Å²) >= 11 is 0. The lowest BCUT2D eigenvalue weighted by molar-refractivity contribution is -0.227. The molecule has 1 nitrogen and oxygen atoms in total. The molecule has 0 aliphatic heterocycles. The van der Waals surface area contributed by atoms with Crippen molar-refractivity contribution < 1.29 is 31.1 Å². The van der Waals surface area contributed by atoms with E-state index in [9.17, 15) is 26.3 Å². The Morgan fingerprint density at radius 1 is 1.19 bits per heavy atom. The van der Waals surface area contributed by atoms with Crippen LogP contribution in [0.15, 0.2) is 24.5 Å². The van der Waals surface area contributed by atoms with E-state index in [0.717, 1.165) is 6.92 Å². The molecule has 4 unspecified atom stereocenters. The fraction of sp³-hybridized carbons (Fsp3) is 0.714. The van der Waals surface area contributed by atoms with Crippen LogP contribution in [0.3, 0.4) is 0 Å². The Labute approximate surface area is 119 Å². The van der Waals surface area contributed by atoms with Gasteiger partial charge in [-0.1, -0.05) is 25.7 Å². The Hall–Kier alpha value is -1.14. The monoisotopic (exact) mass is 316 g/mol. The van der Waals surface area contributed by atoms with Crippen LogP contribution in [0.1, 0.15) is 26.7 Å². The molecule has 1 aliphatic carbocycles. The van der Waals surface area contributed by atoms with Crippen LogP contribution < -0.4 is 0 Å². The summed E-state index contributed by atoms with van der Waals surface area (Å²) in [5.74, 6) is -5.21. The number of hydrogen-bond acceptors (Lipinski definition) is 1. The van der Waals surface area contributed by atoms with E-state index in [1.807, 2.05) is 0 Å². The topological polar surface area (TPSA) is 9.23 Å². The molecular formula is C14H18F6O. The van der Waals surface area contributed by atoms with Crippen molar-refractivity contribution in [3.05, 3.63) is 24.5 Å². The van der Waals surface area contributed by atoms with Crippen molar-refractivity contribution in [1.82, 2.24) is 0 Å². The normalized spacial score (nSPS) is 26.6. The second-order valence-electron chi connectivity index (χ2n) is 5.58. The second-order valence-corrected chi connectivity index (χ2v) is 5.58. The van der Waals surface area contributed by atoms with E-state index in [1.165, 1.54) is 6.92 Å². The fourth-order valence-corrected chi connectivity index (χ4v) is 2.70. The molecule has 21 heavy (non-hydrogen) atoms. The van der Waals surface area contributed by atoms with E-state index in [-0.39, 0.29) is 18.6 Å². The second kappa shape index (κ2) is 5.93. The molecule has 1 fully saturated rings. The van der Waals surface area contributed by atoms with Gasteiger partial charge in [-0.15, -0.1) is 0 Å². The molecule has 1 rings (SSSR count). The highest BCUT2D eigenvalue weighted by atomic mass is 19.4. The highest BCUT2D eigenvalue weighted by Gasteiger charge is 2.55. The third-order valence-corrected chi connectivity index (χ3v) is 3.74. The van der Waals surface area contributed by atoms with Gasteiger partial charge in [0.2, 0.25) is 0 Å². The van der Waals surface area contributed by atoms with Crippen molar-refractivity contribution in [2.75, 3.05) is 0 Å². The summed E-state index contributed by atoms with van der Waals surface area (Å²) in [7, 11) is 0. The highest BCUT2D eigenvalue weighted by molar-refractivity contribution is 5.10. The summed E-state index contributed by atoms with van der Waals surface area (Å²) in [6.45, 7) is 8.99. The number of rotatable bonds is 4. The van der Waals surface area contributed by atoms with E-state index in [1.54, 1.807) is 0 Å². The van der Waals surface area contributed by atoms with Crippen LogP contribution in [0.25, 0.3) is 0 Å². The number of hydrogen-bond donors (Lipinski definition) is 0. The number of allylic oxidation sites excluding steroid dienone is 2. The first-order valence-electron chi connectivity index (χ1n) is 6.46. The van der Waals surface area contributed by atoms with E-state index < -0.39 is 36.2 Å². The number of halogens is 6. The molecule has 0 radical (unpaired) electrons. The lowest BCUT2D eigenvalue weighted by Crippen LogP contribution is -2.43. The molecule has 1 aliphatic rings. The summed E-state index contributed by atoms with van der Waals surface area (Å²) in [5, 5.41) is 0. The maximum absolute atomic E-state index is 13.0. The van der Waals surface area contributed by atoms with Crippen molar-refractivity contribution in [3.8, 4) is 0 Å². The van der Waals surface area contributed by atoms with Crippen LogP contribution in [0, 0.1) is 17.8 Å². The third kappa shape index (κ3) is 4.41. The molecule has 0 aromatic heterocycles. The fourth-order valence-electron chi connectivity index (χ4n) is 2.70. The average Bonchev–Trinajstić information content (AvgIpc) is 2.65. The first-order valence-corrected chi connectivity index (χ1v) is 6.46. The predicted octanol–water partition coefficient (Wildman–Crippen LogP) is 5.25. The van der Waals surface area contributed by atoms with E-state index in [0.29, 0.717) is 5.57 Å². The quantitative estimate of drug-likeness (QED) is 0.391. The molecule has 0 aromatic rings. The molecule has 0 N–H and O–H groups in total. The zero-order valence-electron chi connectivity index (χ0n) is 11.8. The molecule has 0 aromatic carbocycles. The molecular weight excluding hydrogens is 298 g/mol. The minimum absolute atomic E-state index is 0.0328. The largest absolute Gasteiger partial charge is 0.495 e. The molecule has 122 valence electrons. The van der Waals surface area contributed by atoms with Crippen LogP contribution in [-0.2, 0) is 4.74 Å². The standard InChI is InChI=1S/C14H18F6O/c1-7(2)21-12(9(4)13(15,16)17)10-5-8(3)6-11(10)14(18,19)20/h9-12H,1,3,5-6H2,2,4H3. The van der Waals surface area contributed by atoms with Gasteiger partial charge in [0.05, 0.1) is 17.6 Å². The Morgan fingerprint density at radius 2 is 1.71 bits per heavy atom. The van der Waals surface area contributed by atoms with Gasteiger partial charge in [0.1, 0.15) is 6.10 Å². The zero-order valence-corrected chi connectivity index (χ0v) is 11.8. The van der Waals surface area contributed by atoms with Crippen LogP contribution in [0.5, 0.6) is 0 Å².